The van der Waals surface area contributed by atoms with Gasteiger partial charge in [-0.05, 0) is 61.2 Å². The van der Waals surface area contributed by atoms with Crippen molar-refractivity contribution >= 4 is 23.2 Å². The van der Waals surface area contributed by atoms with Crippen molar-refractivity contribution in [2.24, 2.45) is 0 Å². The molecule has 7 nitrogen and oxygen atoms in total. The number of anilines is 2. The molecular weight excluding hydrogens is 483 g/mol. The summed E-state index contributed by atoms with van der Waals surface area (Å²) in [6.45, 7) is 3.86. The molecular formula is C30H35FN4O3. The number of benzene rings is 3. The van der Waals surface area contributed by atoms with E-state index < -0.39 is 12.1 Å². The summed E-state index contributed by atoms with van der Waals surface area (Å²) < 4.78 is 13.5. The number of aliphatic hydroxyl groups excluding tert-OH is 1. The van der Waals surface area contributed by atoms with Crippen molar-refractivity contribution in [1.82, 2.24) is 10.6 Å². The van der Waals surface area contributed by atoms with Gasteiger partial charge in [0.1, 0.15) is 5.82 Å². The van der Waals surface area contributed by atoms with Crippen LogP contribution in [0.4, 0.5) is 15.8 Å². The van der Waals surface area contributed by atoms with Crippen molar-refractivity contribution in [2.45, 2.75) is 44.9 Å². The maximum atomic E-state index is 13.5. The molecule has 1 aliphatic rings. The van der Waals surface area contributed by atoms with E-state index in [-0.39, 0.29) is 24.2 Å². The molecule has 0 aliphatic carbocycles. The van der Waals surface area contributed by atoms with Crippen LogP contribution in [-0.2, 0) is 17.8 Å². The molecule has 4 N–H and O–H groups in total. The quantitative estimate of drug-likeness (QED) is 0.292. The van der Waals surface area contributed by atoms with Crippen molar-refractivity contribution in [1.29, 1.82) is 0 Å². The molecule has 2 atom stereocenters. The molecule has 200 valence electrons. The van der Waals surface area contributed by atoms with Gasteiger partial charge in [0.25, 0.3) is 5.91 Å². The molecule has 0 aromatic heterocycles. The Hall–Kier alpha value is -3.75. The van der Waals surface area contributed by atoms with E-state index in [1.54, 1.807) is 23.1 Å². The first kappa shape index (κ1) is 27.3. The Morgan fingerprint density at radius 3 is 2.55 bits per heavy atom. The summed E-state index contributed by atoms with van der Waals surface area (Å²) in [5.41, 5.74) is 3.60. The molecule has 4 rings (SSSR count). The molecule has 8 heteroatoms. The van der Waals surface area contributed by atoms with Crippen molar-refractivity contribution < 1.29 is 19.1 Å². The molecule has 0 spiro atoms. The van der Waals surface area contributed by atoms with E-state index in [0.29, 0.717) is 43.7 Å². The summed E-state index contributed by atoms with van der Waals surface area (Å²) in [6, 6.07) is 20.8. The van der Waals surface area contributed by atoms with Crippen molar-refractivity contribution in [3.8, 4) is 0 Å². The summed E-state index contributed by atoms with van der Waals surface area (Å²) in [4.78, 5) is 27.5. The third-order valence-corrected chi connectivity index (χ3v) is 6.60. The van der Waals surface area contributed by atoms with Crippen LogP contribution < -0.4 is 20.9 Å². The Morgan fingerprint density at radius 1 is 1.05 bits per heavy atom. The third kappa shape index (κ3) is 7.40. The number of aliphatic hydroxyl groups is 1. The van der Waals surface area contributed by atoms with Crippen LogP contribution in [0, 0.1) is 5.82 Å². The van der Waals surface area contributed by atoms with Crippen LogP contribution in [-0.4, -0.2) is 48.7 Å². The SMILES string of the molecule is CCNc1cc(C(=O)N[C@@H](Cc2ccccc2)[C@@H](O)CNCc2cccc(F)c2)cc(N2CCCC2=O)c1. The van der Waals surface area contributed by atoms with Crippen molar-refractivity contribution in [3.63, 3.8) is 0 Å². The number of hydrogen-bond donors (Lipinski definition) is 4. The Kier molecular flexibility index (Phi) is 9.46. The molecule has 1 heterocycles. The number of amides is 2. The fourth-order valence-electron chi connectivity index (χ4n) is 4.68. The van der Waals surface area contributed by atoms with E-state index in [9.17, 15) is 19.1 Å². The zero-order chi connectivity index (χ0) is 26.9. The van der Waals surface area contributed by atoms with Crippen LogP contribution >= 0.6 is 0 Å². The zero-order valence-electron chi connectivity index (χ0n) is 21.6. The minimum absolute atomic E-state index is 0.0479. The maximum Gasteiger partial charge on any atom is 0.251 e. The van der Waals surface area contributed by atoms with Gasteiger partial charge in [-0.2, -0.15) is 0 Å². The van der Waals surface area contributed by atoms with Crippen LogP contribution in [0.2, 0.25) is 0 Å². The van der Waals surface area contributed by atoms with Gasteiger partial charge >= 0.3 is 0 Å². The average Bonchev–Trinajstić information content (AvgIpc) is 3.34. The second-order valence-electron chi connectivity index (χ2n) is 9.55. The minimum atomic E-state index is -0.899. The summed E-state index contributed by atoms with van der Waals surface area (Å²) in [5.74, 6) is -0.594. The van der Waals surface area contributed by atoms with Gasteiger partial charge in [0, 0.05) is 49.5 Å². The number of hydrogen-bond acceptors (Lipinski definition) is 5. The third-order valence-electron chi connectivity index (χ3n) is 6.60. The first-order chi connectivity index (χ1) is 18.4. The van der Waals surface area contributed by atoms with Crippen molar-refractivity contribution in [2.75, 3.05) is 29.9 Å². The molecule has 1 saturated heterocycles. The van der Waals surface area contributed by atoms with Gasteiger partial charge in [-0.25, -0.2) is 4.39 Å². The predicted molar refractivity (Wildman–Crippen MR) is 148 cm³/mol. The summed E-state index contributed by atoms with van der Waals surface area (Å²) in [7, 11) is 0. The lowest BCUT2D eigenvalue weighted by atomic mass is 10.00. The first-order valence-electron chi connectivity index (χ1n) is 13.1. The lowest BCUT2D eigenvalue weighted by Crippen LogP contribution is -2.48. The van der Waals surface area contributed by atoms with Gasteiger partial charge < -0.3 is 26.0 Å². The molecule has 1 fully saturated rings. The Labute approximate surface area is 223 Å². The monoisotopic (exact) mass is 518 g/mol. The van der Waals surface area contributed by atoms with Crippen LogP contribution in [0.1, 0.15) is 41.3 Å². The van der Waals surface area contributed by atoms with Crippen LogP contribution in [0.15, 0.2) is 72.8 Å². The van der Waals surface area contributed by atoms with E-state index in [1.807, 2.05) is 49.4 Å². The van der Waals surface area contributed by atoms with E-state index >= 15 is 0 Å². The topological polar surface area (TPSA) is 93.7 Å². The molecule has 0 saturated carbocycles. The molecule has 38 heavy (non-hydrogen) atoms. The van der Waals surface area contributed by atoms with Crippen molar-refractivity contribution in [3.05, 3.63) is 95.3 Å². The highest BCUT2D eigenvalue weighted by Gasteiger charge is 2.25. The maximum absolute atomic E-state index is 13.5. The normalized spacial score (nSPS) is 14.8. The van der Waals surface area contributed by atoms with Gasteiger partial charge in [-0.1, -0.05) is 42.5 Å². The van der Waals surface area contributed by atoms with E-state index in [2.05, 4.69) is 16.0 Å². The highest BCUT2D eigenvalue weighted by atomic mass is 19.1. The van der Waals surface area contributed by atoms with Crippen LogP contribution in [0.25, 0.3) is 0 Å². The molecule has 0 bridgehead atoms. The molecule has 0 unspecified atom stereocenters. The highest BCUT2D eigenvalue weighted by molar-refractivity contribution is 6.00. The fraction of sp³-hybridized carbons (Fsp3) is 0.333. The second kappa shape index (κ2) is 13.2. The van der Waals surface area contributed by atoms with Crippen LogP contribution in [0.3, 0.4) is 0 Å². The fourth-order valence-corrected chi connectivity index (χ4v) is 4.68. The summed E-state index contributed by atoms with van der Waals surface area (Å²) >= 11 is 0. The molecule has 1 aliphatic heterocycles. The molecule has 3 aromatic rings. The number of carbonyl (C=O) groups is 2. The Balaban J connectivity index is 1.50. The molecule has 0 radical (unpaired) electrons. The summed E-state index contributed by atoms with van der Waals surface area (Å²) in [6.07, 6.45) is 0.824. The number of halogens is 1. The largest absolute Gasteiger partial charge is 0.390 e. The van der Waals surface area contributed by atoms with E-state index in [1.165, 1.54) is 12.1 Å². The van der Waals surface area contributed by atoms with Gasteiger partial charge in [0.05, 0.1) is 12.1 Å². The lowest BCUT2D eigenvalue weighted by Gasteiger charge is -2.25. The Bertz CT molecular complexity index is 1240. The summed E-state index contributed by atoms with van der Waals surface area (Å²) in [5, 5.41) is 20.5. The van der Waals surface area contributed by atoms with Gasteiger partial charge in [0.15, 0.2) is 0 Å². The van der Waals surface area contributed by atoms with Gasteiger partial charge in [-0.15, -0.1) is 0 Å². The lowest BCUT2D eigenvalue weighted by molar-refractivity contribution is -0.117. The number of nitrogens with one attached hydrogen (secondary N) is 3. The average molecular weight is 519 g/mol. The van der Waals surface area contributed by atoms with Crippen LogP contribution in [0.5, 0.6) is 0 Å². The van der Waals surface area contributed by atoms with E-state index in [0.717, 1.165) is 23.2 Å². The van der Waals surface area contributed by atoms with Gasteiger partial charge in [-0.3, -0.25) is 9.59 Å². The number of nitrogens with zero attached hydrogens (tertiary/aromatic N) is 1. The molecule has 2 amide bonds. The zero-order valence-corrected chi connectivity index (χ0v) is 21.6. The predicted octanol–water partition coefficient (Wildman–Crippen LogP) is 3.88. The van der Waals surface area contributed by atoms with E-state index in [4.69, 9.17) is 0 Å². The first-order valence-corrected chi connectivity index (χ1v) is 13.1. The highest BCUT2D eigenvalue weighted by Crippen LogP contribution is 2.27. The second-order valence-corrected chi connectivity index (χ2v) is 9.55. The molecule has 3 aromatic carbocycles. The number of rotatable bonds is 12. The standard InChI is InChI=1S/C30H35FN4O3/c1-2-33-25-16-23(17-26(18-25)35-13-7-12-29(35)37)30(38)34-27(15-21-8-4-3-5-9-21)28(36)20-32-19-22-10-6-11-24(31)14-22/h3-6,8-11,14,16-18,27-28,32-33,36H,2,7,12-13,15,19-20H2,1H3,(H,34,38)/t27-,28-/m0/s1. The van der Waals surface area contributed by atoms with Gasteiger partial charge in [0.2, 0.25) is 5.91 Å². The smallest absolute Gasteiger partial charge is 0.251 e. The Morgan fingerprint density at radius 2 is 1.84 bits per heavy atom. The number of carbonyl (C=O) groups excluding carboxylic acids is 2. The minimum Gasteiger partial charge on any atom is -0.390 e.